The molecule has 1 aliphatic rings. The predicted octanol–water partition coefficient (Wildman–Crippen LogP) is 2.14. The molecule has 0 fully saturated rings. The molecule has 0 saturated heterocycles. The molecule has 88 valence electrons. The molecule has 1 aliphatic heterocycles. The Hall–Kier alpha value is -1.22. The molecule has 1 aromatic rings. The Morgan fingerprint density at radius 2 is 2.00 bits per heavy atom. The zero-order valence-corrected chi connectivity index (χ0v) is 10.2. The van der Waals surface area contributed by atoms with Gasteiger partial charge < -0.3 is 15.2 Å². The first-order valence-corrected chi connectivity index (χ1v) is 5.75. The van der Waals surface area contributed by atoms with Crippen molar-refractivity contribution in [2.75, 3.05) is 19.8 Å². The van der Waals surface area contributed by atoms with Gasteiger partial charge in [-0.05, 0) is 43.5 Å². The first-order valence-electron chi connectivity index (χ1n) is 5.75. The van der Waals surface area contributed by atoms with E-state index in [1.807, 2.05) is 0 Å². The Kier molecular flexibility index (Phi) is 3.06. The summed E-state index contributed by atoms with van der Waals surface area (Å²) in [4.78, 5) is 0. The first-order chi connectivity index (χ1) is 7.65. The van der Waals surface area contributed by atoms with Crippen molar-refractivity contribution in [2.24, 2.45) is 5.73 Å². The molecule has 2 N–H and O–H groups in total. The fourth-order valence-corrected chi connectivity index (χ4v) is 2.15. The highest BCUT2D eigenvalue weighted by Gasteiger charge is 2.22. The van der Waals surface area contributed by atoms with Crippen LogP contribution in [0.1, 0.15) is 29.5 Å². The van der Waals surface area contributed by atoms with Gasteiger partial charge in [-0.25, -0.2) is 0 Å². The van der Waals surface area contributed by atoms with Crippen LogP contribution in [0.5, 0.6) is 11.5 Å². The van der Waals surface area contributed by atoms with Crippen LogP contribution in [0.4, 0.5) is 0 Å². The molecule has 0 spiro atoms. The highest BCUT2D eigenvalue weighted by atomic mass is 16.6. The number of rotatable bonds is 2. The number of hydrogen-bond donors (Lipinski definition) is 1. The lowest BCUT2D eigenvalue weighted by Crippen LogP contribution is -2.20. The average molecular weight is 221 g/mol. The molecule has 1 unspecified atom stereocenters. The van der Waals surface area contributed by atoms with Crippen molar-refractivity contribution in [3.05, 3.63) is 22.8 Å². The van der Waals surface area contributed by atoms with E-state index in [1.165, 1.54) is 16.7 Å². The highest BCUT2D eigenvalue weighted by molar-refractivity contribution is 5.55. The fourth-order valence-electron chi connectivity index (χ4n) is 2.15. The molecule has 0 aliphatic carbocycles. The smallest absolute Gasteiger partial charge is 0.165 e. The summed E-state index contributed by atoms with van der Waals surface area (Å²) in [7, 11) is 0. The van der Waals surface area contributed by atoms with Crippen molar-refractivity contribution < 1.29 is 9.47 Å². The average Bonchev–Trinajstić information content (AvgIpc) is 2.30. The lowest BCUT2D eigenvalue weighted by atomic mass is 9.92. The van der Waals surface area contributed by atoms with Crippen LogP contribution in [0, 0.1) is 13.8 Å². The van der Waals surface area contributed by atoms with Crippen molar-refractivity contribution in [2.45, 2.75) is 26.7 Å². The van der Waals surface area contributed by atoms with Crippen molar-refractivity contribution in [1.82, 2.24) is 0 Å². The summed E-state index contributed by atoms with van der Waals surface area (Å²) in [6, 6.07) is 2.05. The maximum absolute atomic E-state index is 5.76. The van der Waals surface area contributed by atoms with E-state index in [-0.39, 0.29) is 0 Å². The molecule has 2 rings (SSSR count). The molecule has 3 heteroatoms. The Labute approximate surface area is 96.5 Å². The molecule has 3 nitrogen and oxygen atoms in total. The summed E-state index contributed by atoms with van der Waals surface area (Å²) >= 11 is 0. The summed E-state index contributed by atoms with van der Waals surface area (Å²) in [5.41, 5.74) is 9.47. The monoisotopic (exact) mass is 221 g/mol. The van der Waals surface area contributed by atoms with Crippen LogP contribution in [-0.4, -0.2) is 19.8 Å². The molecule has 0 bridgehead atoms. The highest BCUT2D eigenvalue weighted by Crippen LogP contribution is 2.41. The Balaban J connectivity index is 2.59. The normalized spacial score (nSPS) is 16.0. The van der Waals surface area contributed by atoms with Gasteiger partial charge in [-0.15, -0.1) is 0 Å². The maximum Gasteiger partial charge on any atom is 0.165 e. The Morgan fingerprint density at radius 3 is 2.69 bits per heavy atom. The first kappa shape index (κ1) is 11.3. The summed E-state index contributed by atoms with van der Waals surface area (Å²) in [5.74, 6) is 2.06. The van der Waals surface area contributed by atoms with Gasteiger partial charge in [0.1, 0.15) is 13.2 Å². The fraction of sp³-hybridized carbons (Fsp3) is 0.538. The molecule has 0 amide bonds. The molecular formula is C13H19NO2. The van der Waals surface area contributed by atoms with Gasteiger partial charge in [-0.1, -0.05) is 6.92 Å². The van der Waals surface area contributed by atoms with Crippen molar-refractivity contribution >= 4 is 0 Å². The summed E-state index contributed by atoms with van der Waals surface area (Å²) < 4.78 is 11.4. The summed E-state index contributed by atoms with van der Waals surface area (Å²) in [6.45, 7) is 8.22. The minimum Gasteiger partial charge on any atom is -0.486 e. The third-order valence-corrected chi connectivity index (χ3v) is 3.25. The number of fused-ring (bicyclic) bond motifs is 1. The van der Waals surface area contributed by atoms with Gasteiger partial charge in [0, 0.05) is 5.56 Å². The van der Waals surface area contributed by atoms with Crippen molar-refractivity contribution in [3.8, 4) is 11.5 Å². The minimum atomic E-state index is 0.301. The van der Waals surface area contributed by atoms with Crippen LogP contribution < -0.4 is 15.2 Å². The van der Waals surface area contributed by atoms with Crippen LogP contribution in [0.15, 0.2) is 6.07 Å². The van der Waals surface area contributed by atoms with E-state index in [0.717, 1.165) is 11.5 Å². The number of nitrogens with two attached hydrogens (primary N) is 1. The molecule has 1 heterocycles. The van der Waals surface area contributed by atoms with Crippen LogP contribution in [0.3, 0.4) is 0 Å². The van der Waals surface area contributed by atoms with Crippen LogP contribution in [0.2, 0.25) is 0 Å². The lowest BCUT2D eigenvalue weighted by molar-refractivity contribution is 0.169. The van der Waals surface area contributed by atoms with Gasteiger partial charge in [0.2, 0.25) is 0 Å². The summed E-state index contributed by atoms with van der Waals surface area (Å²) in [6.07, 6.45) is 0. The van der Waals surface area contributed by atoms with Gasteiger partial charge in [0.15, 0.2) is 11.5 Å². The molecule has 0 aromatic heterocycles. The SMILES string of the molecule is Cc1cc2c(c(C(C)CN)c1C)OCCO2. The minimum absolute atomic E-state index is 0.301. The molecule has 1 aromatic carbocycles. The van der Waals surface area contributed by atoms with Gasteiger partial charge in [-0.2, -0.15) is 0 Å². The zero-order valence-electron chi connectivity index (χ0n) is 10.2. The van der Waals surface area contributed by atoms with Crippen molar-refractivity contribution in [3.63, 3.8) is 0 Å². The quantitative estimate of drug-likeness (QED) is 0.832. The number of aryl methyl sites for hydroxylation is 1. The van der Waals surface area contributed by atoms with E-state index in [1.54, 1.807) is 0 Å². The van der Waals surface area contributed by atoms with E-state index in [0.29, 0.717) is 25.7 Å². The van der Waals surface area contributed by atoms with E-state index in [4.69, 9.17) is 15.2 Å². The Bertz CT molecular complexity index is 401. The molecule has 1 atom stereocenters. The van der Waals surface area contributed by atoms with E-state index in [9.17, 15) is 0 Å². The topological polar surface area (TPSA) is 44.5 Å². The number of benzene rings is 1. The second-order valence-corrected chi connectivity index (χ2v) is 4.39. The second-order valence-electron chi connectivity index (χ2n) is 4.39. The third-order valence-electron chi connectivity index (χ3n) is 3.25. The predicted molar refractivity (Wildman–Crippen MR) is 64.4 cm³/mol. The van der Waals surface area contributed by atoms with E-state index in [2.05, 4.69) is 26.8 Å². The van der Waals surface area contributed by atoms with E-state index >= 15 is 0 Å². The molecule has 0 saturated carbocycles. The second kappa shape index (κ2) is 4.34. The lowest BCUT2D eigenvalue weighted by Gasteiger charge is -2.26. The number of hydrogen-bond acceptors (Lipinski definition) is 3. The standard InChI is InChI=1S/C13H19NO2/c1-8-6-11-13(16-5-4-15-11)12(10(8)3)9(2)7-14/h6,9H,4-5,7,14H2,1-3H3. The molecule has 0 radical (unpaired) electrons. The molecule has 16 heavy (non-hydrogen) atoms. The third kappa shape index (κ3) is 1.76. The van der Waals surface area contributed by atoms with Crippen LogP contribution in [-0.2, 0) is 0 Å². The van der Waals surface area contributed by atoms with Crippen LogP contribution >= 0.6 is 0 Å². The van der Waals surface area contributed by atoms with Crippen LogP contribution in [0.25, 0.3) is 0 Å². The zero-order chi connectivity index (χ0) is 11.7. The Morgan fingerprint density at radius 1 is 1.31 bits per heavy atom. The van der Waals surface area contributed by atoms with E-state index < -0.39 is 0 Å². The molecular weight excluding hydrogens is 202 g/mol. The summed E-state index contributed by atoms with van der Waals surface area (Å²) in [5, 5.41) is 0. The largest absolute Gasteiger partial charge is 0.486 e. The van der Waals surface area contributed by atoms with Gasteiger partial charge in [0.05, 0.1) is 0 Å². The van der Waals surface area contributed by atoms with Gasteiger partial charge in [0.25, 0.3) is 0 Å². The number of ether oxygens (including phenoxy) is 2. The van der Waals surface area contributed by atoms with Gasteiger partial charge in [-0.3, -0.25) is 0 Å². The van der Waals surface area contributed by atoms with Crippen molar-refractivity contribution in [1.29, 1.82) is 0 Å². The van der Waals surface area contributed by atoms with Gasteiger partial charge >= 0.3 is 0 Å². The maximum atomic E-state index is 5.76.